The molecule has 7 heteroatoms. The summed E-state index contributed by atoms with van der Waals surface area (Å²) in [7, 11) is 0. The number of carbonyl (C=O) groups is 2. The highest BCUT2D eigenvalue weighted by atomic mass is 32.2. The van der Waals surface area contributed by atoms with Crippen molar-refractivity contribution in [2.45, 2.75) is 18.2 Å². The van der Waals surface area contributed by atoms with Crippen LogP contribution in [0.1, 0.15) is 23.0 Å². The fraction of sp³-hybridized carbons (Fsp3) is 0.115. The molecule has 0 saturated carbocycles. The van der Waals surface area contributed by atoms with E-state index >= 15 is 0 Å². The van der Waals surface area contributed by atoms with E-state index in [1.54, 1.807) is 0 Å². The Hall–Kier alpha value is -3.42. The Bertz CT molecular complexity index is 1250. The summed E-state index contributed by atoms with van der Waals surface area (Å²) >= 11 is 2.73. The quantitative estimate of drug-likeness (QED) is 0.286. The molecule has 0 aliphatic rings. The van der Waals surface area contributed by atoms with Crippen molar-refractivity contribution < 1.29 is 14.7 Å². The minimum absolute atomic E-state index is 0.0122. The molecule has 0 atom stereocenters. The summed E-state index contributed by atoms with van der Waals surface area (Å²) in [4.78, 5) is 30.3. The van der Waals surface area contributed by atoms with Gasteiger partial charge in [0.15, 0.2) is 0 Å². The second-order valence-corrected chi connectivity index (χ2v) is 9.32. The number of amides is 1. The Labute approximate surface area is 200 Å². The maximum Gasteiger partial charge on any atom is 0.313 e. The van der Waals surface area contributed by atoms with Crippen LogP contribution in [-0.4, -0.2) is 27.7 Å². The Morgan fingerprint density at radius 1 is 0.939 bits per heavy atom. The number of nitrogens with zero attached hydrogens (tertiary/aromatic N) is 1. The third-order valence-electron chi connectivity index (χ3n) is 4.96. The molecule has 1 amide bonds. The molecular formula is C26H22N2O3S2. The molecule has 4 aromatic rings. The van der Waals surface area contributed by atoms with Crippen LogP contribution in [0.5, 0.6) is 0 Å². The van der Waals surface area contributed by atoms with Gasteiger partial charge in [0.25, 0.3) is 5.91 Å². The molecule has 2 N–H and O–H groups in total. The van der Waals surface area contributed by atoms with Crippen LogP contribution >= 0.6 is 23.1 Å². The Morgan fingerprint density at radius 2 is 1.64 bits per heavy atom. The number of carbonyl (C=O) groups excluding carboxylic acids is 1. The van der Waals surface area contributed by atoms with Gasteiger partial charge < -0.3 is 10.4 Å². The van der Waals surface area contributed by atoms with E-state index in [1.807, 2.05) is 78.9 Å². The number of thiazole rings is 1. The van der Waals surface area contributed by atoms with Crippen LogP contribution in [-0.2, 0) is 11.2 Å². The van der Waals surface area contributed by atoms with Crippen molar-refractivity contribution in [2.75, 3.05) is 11.1 Å². The highest BCUT2D eigenvalue weighted by molar-refractivity contribution is 8.00. The number of aryl methyl sites for hydroxylation is 1. The normalized spacial score (nSPS) is 10.7. The first-order valence-electron chi connectivity index (χ1n) is 10.4. The summed E-state index contributed by atoms with van der Waals surface area (Å²) in [5.41, 5.74) is 4.12. The van der Waals surface area contributed by atoms with Crippen LogP contribution in [0.3, 0.4) is 0 Å². The summed E-state index contributed by atoms with van der Waals surface area (Å²) < 4.78 is 0. The van der Waals surface area contributed by atoms with Crippen LogP contribution in [0.4, 0.5) is 5.69 Å². The van der Waals surface area contributed by atoms with E-state index < -0.39 is 5.97 Å². The fourth-order valence-corrected chi connectivity index (χ4v) is 4.93. The van der Waals surface area contributed by atoms with Crippen LogP contribution in [0.25, 0.3) is 21.0 Å². The predicted octanol–water partition coefficient (Wildman–Crippen LogP) is 6.47. The van der Waals surface area contributed by atoms with Crippen molar-refractivity contribution in [1.29, 1.82) is 0 Å². The highest BCUT2D eigenvalue weighted by Gasteiger charge is 2.20. The number of rotatable bonds is 8. The lowest BCUT2D eigenvalue weighted by Crippen LogP contribution is -2.13. The zero-order valence-corrected chi connectivity index (χ0v) is 19.6. The van der Waals surface area contributed by atoms with Crippen molar-refractivity contribution in [2.24, 2.45) is 0 Å². The Morgan fingerprint density at radius 3 is 2.27 bits per heavy atom. The molecule has 0 unspecified atom stereocenters. The molecule has 0 bridgehead atoms. The number of aromatic nitrogens is 1. The largest absolute Gasteiger partial charge is 0.481 e. The third kappa shape index (κ3) is 5.69. The maximum atomic E-state index is 13.2. The first-order valence-corrected chi connectivity index (χ1v) is 12.2. The molecular weight excluding hydrogens is 452 g/mol. The van der Waals surface area contributed by atoms with E-state index in [0.29, 0.717) is 5.69 Å². The number of hydrogen-bond donors (Lipinski definition) is 2. The molecule has 1 heterocycles. The summed E-state index contributed by atoms with van der Waals surface area (Å²) in [6.07, 6.45) is 0.940. The van der Waals surface area contributed by atoms with E-state index in [9.17, 15) is 9.59 Å². The molecule has 5 nitrogen and oxygen atoms in total. The number of nitrogens with one attached hydrogen (secondary N) is 1. The predicted molar refractivity (Wildman–Crippen MR) is 135 cm³/mol. The molecule has 0 aliphatic heterocycles. The molecule has 0 aliphatic carbocycles. The van der Waals surface area contributed by atoms with Crippen LogP contribution in [0, 0.1) is 0 Å². The second kappa shape index (κ2) is 10.5. The summed E-state index contributed by atoms with van der Waals surface area (Å²) in [5, 5.41) is 12.6. The third-order valence-corrected chi connectivity index (χ3v) is 7.11. The van der Waals surface area contributed by atoms with Gasteiger partial charge in [-0.2, -0.15) is 0 Å². The molecule has 1 aromatic heterocycles. The number of thioether (sulfide) groups is 1. The van der Waals surface area contributed by atoms with Gasteiger partial charge in [0, 0.05) is 16.1 Å². The van der Waals surface area contributed by atoms with E-state index in [0.717, 1.165) is 38.0 Å². The first kappa shape index (κ1) is 22.8. The summed E-state index contributed by atoms with van der Waals surface area (Å²) in [5.74, 6) is -1.09. The van der Waals surface area contributed by atoms with E-state index in [2.05, 4.69) is 12.2 Å². The van der Waals surface area contributed by atoms with E-state index in [4.69, 9.17) is 10.1 Å². The second-order valence-electron chi connectivity index (χ2n) is 7.27. The fourth-order valence-electron chi connectivity index (χ4n) is 3.24. The molecule has 33 heavy (non-hydrogen) atoms. The zero-order chi connectivity index (χ0) is 23.2. The molecule has 3 aromatic carbocycles. The van der Waals surface area contributed by atoms with Crippen molar-refractivity contribution in [3.05, 3.63) is 90.1 Å². The van der Waals surface area contributed by atoms with Crippen molar-refractivity contribution in [3.63, 3.8) is 0 Å². The topological polar surface area (TPSA) is 79.3 Å². The van der Waals surface area contributed by atoms with Gasteiger partial charge in [-0.05, 0) is 41.8 Å². The maximum absolute atomic E-state index is 13.2. The van der Waals surface area contributed by atoms with E-state index in [1.165, 1.54) is 28.7 Å². The zero-order valence-electron chi connectivity index (χ0n) is 17.9. The highest BCUT2D eigenvalue weighted by Crippen LogP contribution is 2.36. The molecule has 0 spiro atoms. The van der Waals surface area contributed by atoms with Crippen LogP contribution in [0.2, 0.25) is 0 Å². The van der Waals surface area contributed by atoms with Gasteiger partial charge in [-0.15, -0.1) is 23.1 Å². The average Bonchev–Trinajstić information content (AvgIpc) is 3.30. The minimum Gasteiger partial charge on any atom is -0.481 e. The SMILES string of the molecule is CCc1ccc(NC(=O)c2nc(-c3ccc(SCC(=O)O)cc3)sc2-c2ccccc2)cc1. The number of hydrogen-bond acceptors (Lipinski definition) is 5. The summed E-state index contributed by atoms with van der Waals surface area (Å²) in [6.45, 7) is 2.09. The van der Waals surface area contributed by atoms with Gasteiger partial charge in [-0.3, -0.25) is 9.59 Å². The first-order chi connectivity index (χ1) is 16.0. The number of anilines is 1. The molecule has 0 radical (unpaired) electrons. The van der Waals surface area contributed by atoms with Crippen LogP contribution < -0.4 is 5.32 Å². The van der Waals surface area contributed by atoms with Crippen molar-refractivity contribution >= 4 is 40.7 Å². The smallest absolute Gasteiger partial charge is 0.313 e. The number of aliphatic carboxylic acids is 1. The lowest BCUT2D eigenvalue weighted by molar-refractivity contribution is -0.133. The Kier molecular flexibility index (Phi) is 7.22. The molecule has 0 saturated heterocycles. The summed E-state index contributed by atoms with van der Waals surface area (Å²) in [6, 6.07) is 25.1. The number of carboxylic acid groups (broad SMARTS) is 1. The van der Waals surface area contributed by atoms with Gasteiger partial charge in [0.2, 0.25) is 0 Å². The Balaban J connectivity index is 1.64. The van der Waals surface area contributed by atoms with Crippen LogP contribution in [0.15, 0.2) is 83.8 Å². The van der Waals surface area contributed by atoms with Gasteiger partial charge in [-0.25, -0.2) is 4.98 Å². The van der Waals surface area contributed by atoms with Crippen molar-refractivity contribution in [3.8, 4) is 21.0 Å². The molecule has 0 fully saturated rings. The monoisotopic (exact) mass is 474 g/mol. The van der Waals surface area contributed by atoms with Gasteiger partial charge in [0.05, 0.1) is 10.6 Å². The van der Waals surface area contributed by atoms with Gasteiger partial charge >= 0.3 is 5.97 Å². The van der Waals surface area contributed by atoms with Crippen molar-refractivity contribution in [1.82, 2.24) is 4.98 Å². The average molecular weight is 475 g/mol. The van der Waals surface area contributed by atoms with Gasteiger partial charge in [0.1, 0.15) is 10.7 Å². The van der Waals surface area contributed by atoms with Gasteiger partial charge in [-0.1, -0.05) is 61.5 Å². The van der Waals surface area contributed by atoms with E-state index in [-0.39, 0.29) is 11.7 Å². The molecule has 4 rings (SSSR count). The standard InChI is InChI=1S/C26H22N2O3S2/c1-2-17-8-12-20(13-9-17)27-25(31)23-24(18-6-4-3-5-7-18)33-26(28-23)19-10-14-21(15-11-19)32-16-22(29)30/h3-15H,2,16H2,1H3,(H,27,31)(H,29,30). The molecule has 166 valence electrons. The lowest BCUT2D eigenvalue weighted by atomic mass is 10.1. The number of benzene rings is 3. The lowest BCUT2D eigenvalue weighted by Gasteiger charge is -2.06. The minimum atomic E-state index is -0.850. The number of carboxylic acids is 1.